The molecule has 0 radical (unpaired) electrons. The van der Waals surface area contributed by atoms with E-state index in [0.29, 0.717) is 6.54 Å². The molecular weight excluding hydrogens is 216 g/mol. The van der Waals surface area contributed by atoms with Crippen molar-refractivity contribution in [2.45, 2.75) is 25.9 Å². The van der Waals surface area contributed by atoms with Crippen LogP contribution >= 0.6 is 0 Å². The number of hydrogen-bond acceptors (Lipinski definition) is 2. The number of carbonyl (C=O) groups excluding carboxylic acids is 1. The van der Waals surface area contributed by atoms with Crippen LogP contribution in [0.3, 0.4) is 0 Å². The molecule has 1 saturated heterocycles. The van der Waals surface area contributed by atoms with Crippen LogP contribution < -0.4 is 10.6 Å². The second-order valence-electron chi connectivity index (χ2n) is 4.34. The molecule has 1 atom stereocenters. The van der Waals surface area contributed by atoms with Crippen LogP contribution in [0.4, 0.5) is 10.5 Å². The third kappa shape index (κ3) is 3.75. The van der Waals surface area contributed by atoms with Gasteiger partial charge in [0.2, 0.25) is 0 Å². The average Bonchev–Trinajstić information content (AvgIpc) is 2.79. The van der Waals surface area contributed by atoms with E-state index in [1.165, 1.54) is 0 Å². The summed E-state index contributed by atoms with van der Waals surface area (Å²) >= 11 is 0. The van der Waals surface area contributed by atoms with E-state index in [2.05, 4.69) is 10.6 Å². The van der Waals surface area contributed by atoms with Crippen molar-refractivity contribution >= 4 is 11.7 Å². The summed E-state index contributed by atoms with van der Waals surface area (Å²) in [6, 6.07) is 7.55. The van der Waals surface area contributed by atoms with Crippen LogP contribution in [0.1, 0.15) is 18.4 Å². The molecule has 0 aliphatic carbocycles. The van der Waals surface area contributed by atoms with Crippen LogP contribution in [-0.2, 0) is 4.74 Å². The van der Waals surface area contributed by atoms with Gasteiger partial charge in [-0.3, -0.25) is 0 Å². The molecule has 1 aliphatic rings. The average molecular weight is 234 g/mol. The highest BCUT2D eigenvalue weighted by Gasteiger charge is 2.15. The van der Waals surface area contributed by atoms with Crippen LogP contribution in [-0.4, -0.2) is 25.3 Å². The molecule has 0 bridgehead atoms. The van der Waals surface area contributed by atoms with Crippen molar-refractivity contribution in [3.8, 4) is 0 Å². The Bertz CT molecular complexity index is 387. The van der Waals surface area contributed by atoms with E-state index in [0.717, 1.165) is 30.7 Å². The van der Waals surface area contributed by atoms with E-state index in [1.807, 2.05) is 31.2 Å². The Morgan fingerprint density at radius 2 is 2.41 bits per heavy atom. The second kappa shape index (κ2) is 5.68. The van der Waals surface area contributed by atoms with E-state index < -0.39 is 0 Å². The minimum absolute atomic E-state index is 0.175. The molecule has 0 unspecified atom stereocenters. The summed E-state index contributed by atoms with van der Waals surface area (Å²) in [4.78, 5) is 11.6. The molecule has 0 aromatic heterocycles. The van der Waals surface area contributed by atoms with E-state index in [9.17, 15) is 4.79 Å². The molecule has 0 spiro atoms. The minimum atomic E-state index is -0.175. The number of anilines is 1. The lowest BCUT2D eigenvalue weighted by Crippen LogP contribution is -2.35. The van der Waals surface area contributed by atoms with Crippen molar-refractivity contribution in [3.05, 3.63) is 29.8 Å². The summed E-state index contributed by atoms with van der Waals surface area (Å²) in [5, 5.41) is 5.62. The van der Waals surface area contributed by atoms with E-state index in [4.69, 9.17) is 4.74 Å². The van der Waals surface area contributed by atoms with Gasteiger partial charge in [-0.05, 0) is 37.5 Å². The molecule has 1 heterocycles. The molecule has 1 aliphatic heterocycles. The number of aryl methyl sites for hydroxylation is 1. The number of urea groups is 1. The van der Waals surface area contributed by atoms with Gasteiger partial charge in [-0.1, -0.05) is 12.1 Å². The maximum atomic E-state index is 11.6. The zero-order chi connectivity index (χ0) is 12.1. The first-order valence-electron chi connectivity index (χ1n) is 5.97. The van der Waals surface area contributed by atoms with Crippen molar-refractivity contribution in [1.29, 1.82) is 0 Å². The van der Waals surface area contributed by atoms with E-state index in [-0.39, 0.29) is 12.1 Å². The topological polar surface area (TPSA) is 50.4 Å². The number of ether oxygens (including phenoxy) is 1. The van der Waals surface area contributed by atoms with Gasteiger partial charge in [0.1, 0.15) is 0 Å². The molecule has 4 heteroatoms. The maximum Gasteiger partial charge on any atom is 0.319 e. The number of benzene rings is 1. The SMILES string of the molecule is Cc1cccc(NC(=O)NC[C@@H]2CCCO2)c1. The molecule has 1 aromatic carbocycles. The van der Waals surface area contributed by atoms with Crippen LogP contribution in [0.15, 0.2) is 24.3 Å². The van der Waals surface area contributed by atoms with Gasteiger partial charge < -0.3 is 15.4 Å². The highest BCUT2D eigenvalue weighted by molar-refractivity contribution is 5.89. The van der Waals surface area contributed by atoms with E-state index >= 15 is 0 Å². The van der Waals surface area contributed by atoms with Crippen LogP contribution in [0.2, 0.25) is 0 Å². The molecule has 17 heavy (non-hydrogen) atoms. The molecule has 92 valence electrons. The maximum absolute atomic E-state index is 11.6. The second-order valence-corrected chi connectivity index (χ2v) is 4.34. The summed E-state index contributed by atoms with van der Waals surface area (Å²) in [6.45, 7) is 3.39. The first-order valence-corrected chi connectivity index (χ1v) is 5.97. The van der Waals surface area contributed by atoms with Crippen molar-refractivity contribution in [1.82, 2.24) is 5.32 Å². The third-order valence-electron chi connectivity index (χ3n) is 2.79. The molecule has 2 rings (SSSR count). The fourth-order valence-corrected chi connectivity index (χ4v) is 1.91. The van der Waals surface area contributed by atoms with Crippen LogP contribution in [0.5, 0.6) is 0 Å². The molecule has 2 amide bonds. The monoisotopic (exact) mass is 234 g/mol. The van der Waals surface area contributed by atoms with Crippen molar-refractivity contribution in [2.75, 3.05) is 18.5 Å². The Kier molecular flexibility index (Phi) is 3.98. The van der Waals surface area contributed by atoms with Gasteiger partial charge in [0.15, 0.2) is 0 Å². The van der Waals surface area contributed by atoms with Gasteiger partial charge in [-0.15, -0.1) is 0 Å². The van der Waals surface area contributed by atoms with Gasteiger partial charge in [0.05, 0.1) is 6.10 Å². The highest BCUT2D eigenvalue weighted by Crippen LogP contribution is 2.11. The fraction of sp³-hybridized carbons (Fsp3) is 0.462. The lowest BCUT2D eigenvalue weighted by Gasteiger charge is -2.11. The smallest absolute Gasteiger partial charge is 0.319 e. The van der Waals surface area contributed by atoms with E-state index in [1.54, 1.807) is 0 Å². The predicted molar refractivity (Wildman–Crippen MR) is 67.2 cm³/mol. The number of rotatable bonds is 3. The quantitative estimate of drug-likeness (QED) is 0.843. The van der Waals surface area contributed by atoms with Gasteiger partial charge >= 0.3 is 6.03 Å². The molecule has 1 fully saturated rings. The first kappa shape index (κ1) is 11.9. The third-order valence-corrected chi connectivity index (χ3v) is 2.79. The van der Waals surface area contributed by atoms with Crippen LogP contribution in [0.25, 0.3) is 0 Å². The highest BCUT2D eigenvalue weighted by atomic mass is 16.5. The number of nitrogens with one attached hydrogen (secondary N) is 2. The van der Waals surface area contributed by atoms with Crippen molar-refractivity contribution in [3.63, 3.8) is 0 Å². The molecule has 1 aromatic rings. The zero-order valence-corrected chi connectivity index (χ0v) is 10.0. The van der Waals surface area contributed by atoms with Gasteiger partial charge in [-0.25, -0.2) is 4.79 Å². The van der Waals surface area contributed by atoms with Crippen LogP contribution in [0, 0.1) is 6.92 Å². The number of carbonyl (C=O) groups is 1. The Morgan fingerprint density at radius 1 is 1.53 bits per heavy atom. The van der Waals surface area contributed by atoms with Gasteiger partial charge in [0, 0.05) is 18.8 Å². The lowest BCUT2D eigenvalue weighted by molar-refractivity contribution is 0.112. The normalized spacial score (nSPS) is 19.0. The predicted octanol–water partition coefficient (Wildman–Crippen LogP) is 2.30. The number of amides is 2. The zero-order valence-electron chi connectivity index (χ0n) is 10.0. The summed E-state index contributed by atoms with van der Waals surface area (Å²) in [6.07, 6.45) is 2.30. The Balaban J connectivity index is 1.76. The summed E-state index contributed by atoms with van der Waals surface area (Å²) in [5.74, 6) is 0. The van der Waals surface area contributed by atoms with Gasteiger partial charge in [0.25, 0.3) is 0 Å². The Morgan fingerprint density at radius 3 is 3.12 bits per heavy atom. The van der Waals surface area contributed by atoms with Gasteiger partial charge in [-0.2, -0.15) is 0 Å². The first-order chi connectivity index (χ1) is 8.24. The molecular formula is C13H18N2O2. The minimum Gasteiger partial charge on any atom is -0.376 e. The standard InChI is InChI=1S/C13H18N2O2/c1-10-4-2-5-11(8-10)15-13(16)14-9-12-6-3-7-17-12/h2,4-5,8,12H,3,6-7,9H2,1H3,(H2,14,15,16)/t12-/m0/s1. The Hall–Kier alpha value is -1.55. The molecule has 4 nitrogen and oxygen atoms in total. The largest absolute Gasteiger partial charge is 0.376 e. The van der Waals surface area contributed by atoms with Crippen molar-refractivity contribution in [2.24, 2.45) is 0 Å². The lowest BCUT2D eigenvalue weighted by atomic mass is 10.2. The Labute approximate surface area is 101 Å². The van der Waals surface area contributed by atoms with Crippen molar-refractivity contribution < 1.29 is 9.53 Å². The fourth-order valence-electron chi connectivity index (χ4n) is 1.91. The molecule has 0 saturated carbocycles. The molecule has 2 N–H and O–H groups in total. The number of hydrogen-bond donors (Lipinski definition) is 2. The summed E-state index contributed by atoms with van der Waals surface area (Å²) in [5.41, 5.74) is 1.94. The summed E-state index contributed by atoms with van der Waals surface area (Å²) in [7, 11) is 0. The summed E-state index contributed by atoms with van der Waals surface area (Å²) < 4.78 is 5.43.